The Balaban J connectivity index is 1.76. The van der Waals surface area contributed by atoms with Crippen molar-refractivity contribution in [3.8, 4) is 0 Å². The first-order valence-corrected chi connectivity index (χ1v) is 9.95. The highest BCUT2D eigenvalue weighted by atomic mass is 35.5. The van der Waals surface area contributed by atoms with Crippen LogP contribution in [0.2, 0.25) is 5.02 Å². The first-order chi connectivity index (χ1) is 12.5. The molecule has 3 aromatic rings. The number of carbonyl (C=O) groups is 1. The molecule has 9 heteroatoms. The maximum absolute atomic E-state index is 12.4. The van der Waals surface area contributed by atoms with Gasteiger partial charge in [-0.1, -0.05) is 53.8 Å². The summed E-state index contributed by atoms with van der Waals surface area (Å²) >= 11 is 8.76. The molecule has 0 aliphatic rings. The molecule has 2 heterocycles. The lowest BCUT2D eigenvalue weighted by Crippen LogP contribution is -2.22. The molecule has 2 aromatic heterocycles. The molecule has 0 saturated heterocycles. The average Bonchev–Trinajstić information content (AvgIpc) is 3.06. The van der Waals surface area contributed by atoms with Crippen molar-refractivity contribution in [2.24, 2.45) is 0 Å². The van der Waals surface area contributed by atoms with Gasteiger partial charge in [-0.15, -0.1) is 10.2 Å². The summed E-state index contributed by atoms with van der Waals surface area (Å²) in [7, 11) is 0. The molecule has 0 fully saturated rings. The molecule has 3 rings (SSSR count). The fraction of sp³-hybridized carbons (Fsp3) is 0.176. The zero-order valence-electron chi connectivity index (χ0n) is 13.8. The minimum Gasteiger partial charge on any atom is -0.310 e. The molecule has 0 spiro atoms. The van der Waals surface area contributed by atoms with Crippen molar-refractivity contribution >= 4 is 45.7 Å². The Morgan fingerprint density at radius 1 is 1.23 bits per heavy atom. The van der Waals surface area contributed by atoms with Crippen LogP contribution in [-0.2, 0) is 6.54 Å². The second kappa shape index (κ2) is 8.48. The Morgan fingerprint density at radius 3 is 2.73 bits per heavy atom. The van der Waals surface area contributed by atoms with Crippen molar-refractivity contribution in [3.63, 3.8) is 0 Å². The van der Waals surface area contributed by atoms with E-state index in [0.29, 0.717) is 22.3 Å². The molecule has 1 amide bonds. The van der Waals surface area contributed by atoms with Crippen LogP contribution >= 0.6 is 34.7 Å². The van der Waals surface area contributed by atoms with Crippen LogP contribution in [0.1, 0.15) is 22.8 Å². The fourth-order valence-corrected chi connectivity index (χ4v) is 3.96. The standard InChI is InChI=1S/C17H15ClN4O2S2/c1-2-25-17-21-20-16(26-17)19-15(24)12-5-8-14(23)22(10-12)9-11-3-6-13(18)7-4-11/h3-8,10H,2,9H2,1H3,(H,19,20,24). The van der Waals surface area contributed by atoms with E-state index in [4.69, 9.17) is 11.6 Å². The minimum absolute atomic E-state index is 0.186. The number of pyridine rings is 1. The van der Waals surface area contributed by atoms with Gasteiger partial charge in [-0.25, -0.2) is 0 Å². The molecule has 1 N–H and O–H groups in total. The summed E-state index contributed by atoms with van der Waals surface area (Å²) < 4.78 is 2.28. The number of rotatable bonds is 6. The van der Waals surface area contributed by atoms with Crippen LogP contribution in [0.3, 0.4) is 0 Å². The quantitative estimate of drug-likeness (QED) is 0.498. The maximum atomic E-state index is 12.4. The first kappa shape index (κ1) is 18.6. The zero-order chi connectivity index (χ0) is 18.5. The van der Waals surface area contributed by atoms with Crippen LogP contribution in [0.4, 0.5) is 5.13 Å². The number of nitrogens with zero attached hydrogens (tertiary/aromatic N) is 3. The van der Waals surface area contributed by atoms with Gasteiger partial charge >= 0.3 is 0 Å². The molecule has 0 radical (unpaired) electrons. The molecular weight excluding hydrogens is 392 g/mol. The third-order valence-electron chi connectivity index (χ3n) is 3.41. The van der Waals surface area contributed by atoms with Crippen molar-refractivity contribution in [1.29, 1.82) is 0 Å². The van der Waals surface area contributed by atoms with Crippen molar-refractivity contribution in [3.05, 3.63) is 69.1 Å². The summed E-state index contributed by atoms with van der Waals surface area (Å²) in [5, 5.41) is 11.7. The highest BCUT2D eigenvalue weighted by molar-refractivity contribution is 8.01. The summed E-state index contributed by atoms with van der Waals surface area (Å²) in [6, 6.07) is 10.1. The molecule has 1 aromatic carbocycles. The molecule has 0 aliphatic carbocycles. The van der Waals surface area contributed by atoms with Gasteiger partial charge in [-0.3, -0.25) is 14.9 Å². The fourth-order valence-electron chi connectivity index (χ4n) is 2.19. The van der Waals surface area contributed by atoms with E-state index in [-0.39, 0.29) is 11.5 Å². The smallest absolute Gasteiger partial charge is 0.258 e. The van der Waals surface area contributed by atoms with E-state index in [2.05, 4.69) is 15.5 Å². The number of thioether (sulfide) groups is 1. The van der Waals surface area contributed by atoms with E-state index in [9.17, 15) is 9.59 Å². The van der Waals surface area contributed by atoms with Crippen molar-refractivity contribution in [2.75, 3.05) is 11.1 Å². The topological polar surface area (TPSA) is 76.9 Å². The number of benzene rings is 1. The van der Waals surface area contributed by atoms with E-state index in [1.54, 1.807) is 23.9 Å². The van der Waals surface area contributed by atoms with Crippen molar-refractivity contribution in [1.82, 2.24) is 14.8 Å². The Labute approximate surface area is 163 Å². The van der Waals surface area contributed by atoms with Gasteiger partial charge in [0.25, 0.3) is 11.5 Å². The van der Waals surface area contributed by atoms with Gasteiger partial charge in [-0.2, -0.15) is 0 Å². The van der Waals surface area contributed by atoms with Crippen LogP contribution in [0.15, 0.2) is 51.7 Å². The number of anilines is 1. The van der Waals surface area contributed by atoms with Crippen molar-refractivity contribution in [2.45, 2.75) is 17.8 Å². The maximum Gasteiger partial charge on any atom is 0.258 e. The lowest BCUT2D eigenvalue weighted by Gasteiger charge is -2.08. The van der Waals surface area contributed by atoms with Gasteiger partial charge in [0.2, 0.25) is 5.13 Å². The van der Waals surface area contributed by atoms with E-state index >= 15 is 0 Å². The lowest BCUT2D eigenvalue weighted by molar-refractivity contribution is 0.102. The Hall–Kier alpha value is -2.16. The van der Waals surface area contributed by atoms with E-state index in [0.717, 1.165) is 15.7 Å². The Bertz CT molecular complexity index is 969. The largest absolute Gasteiger partial charge is 0.310 e. The van der Waals surface area contributed by atoms with E-state index in [1.807, 2.05) is 19.1 Å². The van der Waals surface area contributed by atoms with Gasteiger partial charge in [0.1, 0.15) is 0 Å². The van der Waals surface area contributed by atoms with Crippen molar-refractivity contribution < 1.29 is 4.79 Å². The molecule has 134 valence electrons. The van der Waals surface area contributed by atoms with E-state index < -0.39 is 0 Å². The number of hydrogen-bond acceptors (Lipinski definition) is 6. The van der Waals surface area contributed by atoms with Crippen LogP contribution in [0, 0.1) is 0 Å². The normalized spacial score (nSPS) is 10.7. The summed E-state index contributed by atoms with van der Waals surface area (Å²) in [5.74, 6) is 0.553. The molecule has 0 atom stereocenters. The molecule has 26 heavy (non-hydrogen) atoms. The zero-order valence-corrected chi connectivity index (χ0v) is 16.2. The second-order valence-electron chi connectivity index (χ2n) is 5.27. The monoisotopic (exact) mass is 406 g/mol. The SMILES string of the molecule is CCSc1nnc(NC(=O)c2ccc(=O)n(Cc3ccc(Cl)cc3)c2)s1. The predicted molar refractivity (Wildman–Crippen MR) is 106 cm³/mol. The minimum atomic E-state index is -0.334. The highest BCUT2D eigenvalue weighted by Crippen LogP contribution is 2.25. The van der Waals surface area contributed by atoms with Gasteiger partial charge in [0.05, 0.1) is 12.1 Å². The van der Waals surface area contributed by atoms with Gasteiger partial charge in [-0.05, 0) is 29.5 Å². The number of halogens is 1. The summed E-state index contributed by atoms with van der Waals surface area (Å²) in [6.07, 6.45) is 1.54. The van der Waals surface area contributed by atoms with Gasteiger partial charge in [0.15, 0.2) is 4.34 Å². The number of carbonyl (C=O) groups excluding carboxylic acids is 1. The molecule has 0 bridgehead atoms. The van der Waals surface area contributed by atoms with Crippen LogP contribution < -0.4 is 10.9 Å². The highest BCUT2D eigenvalue weighted by Gasteiger charge is 2.12. The second-order valence-corrected chi connectivity index (χ2v) is 8.20. The van der Waals surface area contributed by atoms with Crippen LogP contribution in [-0.4, -0.2) is 26.4 Å². The Kier molecular flexibility index (Phi) is 6.08. The van der Waals surface area contributed by atoms with Crippen LogP contribution in [0.25, 0.3) is 0 Å². The third kappa shape index (κ3) is 4.72. The van der Waals surface area contributed by atoms with E-state index in [1.165, 1.54) is 34.2 Å². The summed E-state index contributed by atoms with van der Waals surface area (Å²) in [5.41, 5.74) is 1.10. The van der Waals surface area contributed by atoms with Gasteiger partial charge in [0, 0.05) is 17.3 Å². The molecule has 0 aliphatic heterocycles. The third-order valence-corrected chi connectivity index (χ3v) is 5.51. The Morgan fingerprint density at radius 2 is 2.00 bits per heavy atom. The number of nitrogens with one attached hydrogen (secondary N) is 1. The number of aromatic nitrogens is 3. The first-order valence-electron chi connectivity index (χ1n) is 7.77. The molecule has 6 nitrogen and oxygen atoms in total. The molecule has 0 unspecified atom stereocenters. The number of amides is 1. The molecular formula is C17H15ClN4O2S2. The average molecular weight is 407 g/mol. The van der Waals surface area contributed by atoms with Crippen LogP contribution in [0.5, 0.6) is 0 Å². The lowest BCUT2D eigenvalue weighted by atomic mass is 10.2. The number of hydrogen-bond donors (Lipinski definition) is 1. The molecule has 0 saturated carbocycles. The van der Waals surface area contributed by atoms with Gasteiger partial charge < -0.3 is 4.57 Å². The summed E-state index contributed by atoms with van der Waals surface area (Å²) in [4.78, 5) is 24.5. The predicted octanol–water partition coefficient (Wildman–Crippen LogP) is 3.77. The summed E-state index contributed by atoms with van der Waals surface area (Å²) in [6.45, 7) is 2.38.